The van der Waals surface area contributed by atoms with Gasteiger partial charge in [0.05, 0.1) is 17.7 Å². The highest BCUT2D eigenvalue weighted by Gasteiger charge is 2.11. The SMILES string of the molecule is CCCCOc1ccc(C(=O)NC(=S)Nc2ccc(OCCC(C)C)cc2)cc1Br. The van der Waals surface area contributed by atoms with E-state index in [1.807, 2.05) is 24.3 Å². The molecule has 0 radical (unpaired) electrons. The summed E-state index contributed by atoms with van der Waals surface area (Å²) in [6, 6.07) is 12.7. The number of nitrogens with one attached hydrogen (secondary N) is 2. The van der Waals surface area contributed by atoms with Gasteiger partial charge in [-0.25, -0.2) is 0 Å². The zero-order valence-corrected chi connectivity index (χ0v) is 20.1. The Hall–Kier alpha value is -2.12. The van der Waals surface area contributed by atoms with E-state index in [-0.39, 0.29) is 11.0 Å². The first-order chi connectivity index (χ1) is 14.4. The Labute approximate surface area is 192 Å². The van der Waals surface area contributed by atoms with E-state index in [4.69, 9.17) is 21.7 Å². The van der Waals surface area contributed by atoms with Crippen molar-refractivity contribution in [3.8, 4) is 11.5 Å². The molecule has 0 aliphatic rings. The number of carbonyl (C=O) groups excluding carboxylic acids is 1. The maximum absolute atomic E-state index is 12.5. The van der Waals surface area contributed by atoms with Gasteiger partial charge in [0.2, 0.25) is 0 Å². The highest BCUT2D eigenvalue weighted by Crippen LogP contribution is 2.26. The molecule has 0 fully saturated rings. The average molecular weight is 493 g/mol. The van der Waals surface area contributed by atoms with Crippen LogP contribution in [0.1, 0.15) is 50.4 Å². The zero-order chi connectivity index (χ0) is 21.9. The van der Waals surface area contributed by atoms with Gasteiger partial charge in [-0.2, -0.15) is 0 Å². The molecule has 30 heavy (non-hydrogen) atoms. The molecule has 2 aromatic rings. The molecule has 162 valence electrons. The van der Waals surface area contributed by atoms with E-state index in [0.717, 1.165) is 40.9 Å². The summed E-state index contributed by atoms with van der Waals surface area (Å²) in [7, 11) is 0. The van der Waals surface area contributed by atoms with E-state index >= 15 is 0 Å². The number of hydrogen-bond acceptors (Lipinski definition) is 4. The number of benzene rings is 2. The fraction of sp³-hybridized carbons (Fsp3) is 0.391. The standard InChI is InChI=1S/C23H29BrN2O3S/c1-4-5-13-29-21-11-6-17(15-20(21)24)22(27)26-23(30)25-18-7-9-19(10-8-18)28-14-12-16(2)3/h6-11,15-16H,4-5,12-14H2,1-3H3,(H2,25,26,27,30). The molecule has 1 amide bonds. The molecule has 0 saturated heterocycles. The van der Waals surface area contributed by atoms with Gasteiger partial charge in [0.25, 0.3) is 5.91 Å². The number of amides is 1. The molecule has 2 rings (SSSR count). The van der Waals surface area contributed by atoms with Crippen molar-refractivity contribution in [1.82, 2.24) is 5.32 Å². The lowest BCUT2D eigenvalue weighted by Crippen LogP contribution is -2.34. The van der Waals surface area contributed by atoms with Crippen LogP contribution in [0.25, 0.3) is 0 Å². The maximum atomic E-state index is 12.5. The lowest BCUT2D eigenvalue weighted by molar-refractivity contribution is 0.0977. The average Bonchev–Trinajstić information content (AvgIpc) is 2.70. The molecule has 0 atom stereocenters. The molecule has 0 aromatic heterocycles. The normalized spacial score (nSPS) is 10.6. The van der Waals surface area contributed by atoms with Crippen molar-refractivity contribution in [2.75, 3.05) is 18.5 Å². The molecule has 0 saturated carbocycles. The fourth-order valence-corrected chi connectivity index (χ4v) is 3.17. The highest BCUT2D eigenvalue weighted by molar-refractivity contribution is 9.10. The van der Waals surface area contributed by atoms with Crippen LogP contribution in [0.15, 0.2) is 46.9 Å². The smallest absolute Gasteiger partial charge is 0.257 e. The number of carbonyl (C=O) groups is 1. The van der Waals surface area contributed by atoms with Gasteiger partial charge in [-0.05, 0) is 89.4 Å². The summed E-state index contributed by atoms with van der Waals surface area (Å²) in [6.07, 6.45) is 3.06. The molecule has 0 bridgehead atoms. The summed E-state index contributed by atoms with van der Waals surface area (Å²) in [4.78, 5) is 12.5. The van der Waals surface area contributed by atoms with Crippen LogP contribution in [0.3, 0.4) is 0 Å². The minimum atomic E-state index is -0.290. The van der Waals surface area contributed by atoms with Crippen LogP contribution in [-0.4, -0.2) is 24.2 Å². The first kappa shape index (κ1) is 24.2. The van der Waals surface area contributed by atoms with Crippen LogP contribution < -0.4 is 20.1 Å². The van der Waals surface area contributed by atoms with E-state index in [0.29, 0.717) is 24.7 Å². The number of rotatable bonds is 10. The number of halogens is 1. The van der Waals surface area contributed by atoms with Gasteiger partial charge in [-0.1, -0.05) is 27.2 Å². The molecule has 0 aliphatic heterocycles. The van der Waals surface area contributed by atoms with Crippen molar-refractivity contribution < 1.29 is 14.3 Å². The number of anilines is 1. The third-order valence-corrected chi connectivity index (χ3v) is 5.08. The lowest BCUT2D eigenvalue weighted by Gasteiger charge is -2.12. The lowest BCUT2D eigenvalue weighted by atomic mass is 10.1. The van der Waals surface area contributed by atoms with Gasteiger partial charge in [-0.15, -0.1) is 0 Å². The third-order valence-electron chi connectivity index (χ3n) is 4.25. The summed E-state index contributed by atoms with van der Waals surface area (Å²) in [6.45, 7) is 7.78. The quantitative estimate of drug-likeness (QED) is 0.306. The third kappa shape index (κ3) is 8.32. The van der Waals surface area contributed by atoms with Gasteiger partial charge in [0.15, 0.2) is 5.11 Å². The number of hydrogen-bond donors (Lipinski definition) is 2. The number of thiocarbonyl (C=S) groups is 1. The van der Waals surface area contributed by atoms with Gasteiger partial charge >= 0.3 is 0 Å². The number of unbranched alkanes of at least 4 members (excludes halogenated alkanes) is 1. The molecular weight excluding hydrogens is 464 g/mol. The minimum absolute atomic E-state index is 0.230. The minimum Gasteiger partial charge on any atom is -0.494 e. The summed E-state index contributed by atoms with van der Waals surface area (Å²) in [5, 5.41) is 5.94. The summed E-state index contributed by atoms with van der Waals surface area (Å²) < 4.78 is 12.1. The van der Waals surface area contributed by atoms with Crippen LogP contribution in [-0.2, 0) is 0 Å². The maximum Gasteiger partial charge on any atom is 0.257 e. The van der Waals surface area contributed by atoms with Crippen molar-refractivity contribution in [2.24, 2.45) is 5.92 Å². The molecule has 0 unspecified atom stereocenters. The Morgan fingerprint density at radius 2 is 1.83 bits per heavy atom. The Kier molecular flexibility index (Phi) is 10.1. The van der Waals surface area contributed by atoms with Crippen molar-refractivity contribution in [3.05, 3.63) is 52.5 Å². The largest absolute Gasteiger partial charge is 0.494 e. The topological polar surface area (TPSA) is 59.6 Å². The molecule has 2 N–H and O–H groups in total. The van der Waals surface area contributed by atoms with Gasteiger partial charge < -0.3 is 14.8 Å². The van der Waals surface area contributed by atoms with Crippen LogP contribution >= 0.6 is 28.1 Å². The van der Waals surface area contributed by atoms with Crippen molar-refractivity contribution >= 4 is 44.9 Å². The molecule has 0 heterocycles. The van der Waals surface area contributed by atoms with Crippen LogP contribution in [0, 0.1) is 5.92 Å². The molecule has 7 heteroatoms. The second-order valence-corrected chi connectivity index (χ2v) is 8.57. The first-order valence-electron chi connectivity index (χ1n) is 10.2. The Morgan fingerprint density at radius 1 is 1.10 bits per heavy atom. The monoisotopic (exact) mass is 492 g/mol. The highest BCUT2D eigenvalue weighted by atomic mass is 79.9. The van der Waals surface area contributed by atoms with E-state index in [1.165, 1.54) is 0 Å². The van der Waals surface area contributed by atoms with Crippen molar-refractivity contribution in [2.45, 2.75) is 40.0 Å². The summed E-state index contributed by atoms with van der Waals surface area (Å²) in [5.74, 6) is 1.85. The zero-order valence-electron chi connectivity index (χ0n) is 17.7. The van der Waals surface area contributed by atoms with E-state index in [2.05, 4.69) is 47.3 Å². The molecule has 0 aliphatic carbocycles. The van der Waals surface area contributed by atoms with E-state index in [1.54, 1.807) is 18.2 Å². The first-order valence-corrected chi connectivity index (χ1v) is 11.4. The molecular formula is C23H29BrN2O3S. The number of ether oxygens (including phenoxy) is 2. The predicted molar refractivity (Wildman–Crippen MR) is 130 cm³/mol. The van der Waals surface area contributed by atoms with Gasteiger partial charge in [0.1, 0.15) is 11.5 Å². The van der Waals surface area contributed by atoms with Crippen LogP contribution in [0.4, 0.5) is 5.69 Å². The molecule has 0 spiro atoms. The molecule has 2 aromatic carbocycles. The van der Waals surface area contributed by atoms with Gasteiger partial charge in [0, 0.05) is 11.3 Å². The van der Waals surface area contributed by atoms with Crippen LogP contribution in [0.5, 0.6) is 11.5 Å². The van der Waals surface area contributed by atoms with Crippen molar-refractivity contribution in [1.29, 1.82) is 0 Å². The summed E-state index contributed by atoms with van der Waals surface area (Å²) in [5.41, 5.74) is 1.26. The Morgan fingerprint density at radius 3 is 2.47 bits per heavy atom. The predicted octanol–water partition coefficient (Wildman–Crippen LogP) is 6.18. The van der Waals surface area contributed by atoms with Crippen molar-refractivity contribution in [3.63, 3.8) is 0 Å². The molecule has 5 nitrogen and oxygen atoms in total. The Bertz CT molecular complexity index is 841. The second-order valence-electron chi connectivity index (χ2n) is 7.31. The van der Waals surface area contributed by atoms with Crippen LogP contribution in [0.2, 0.25) is 0 Å². The van der Waals surface area contributed by atoms with E-state index in [9.17, 15) is 4.79 Å². The summed E-state index contributed by atoms with van der Waals surface area (Å²) >= 11 is 8.72. The Balaban J connectivity index is 1.85. The second kappa shape index (κ2) is 12.5. The fourth-order valence-electron chi connectivity index (χ4n) is 2.47. The van der Waals surface area contributed by atoms with E-state index < -0.39 is 0 Å². The van der Waals surface area contributed by atoms with Gasteiger partial charge in [-0.3, -0.25) is 10.1 Å².